The van der Waals surface area contributed by atoms with Crippen LogP contribution in [0.5, 0.6) is 0 Å². The van der Waals surface area contributed by atoms with Crippen molar-refractivity contribution in [3.05, 3.63) is 65.9 Å². The minimum absolute atomic E-state index is 0.587. The van der Waals surface area contributed by atoms with Crippen LogP contribution in [0, 0.1) is 0 Å². The van der Waals surface area contributed by atoms with Crippen LogP contribution in [0.3, 0.4) is 0 Å². The number of piperazine rings is 1. The van der Waals surface area contributed by atoms with Gasteiger partial charge >= 0.3 is 6.18 Å². The molecule has 1 saturated heterocycles. The van der Waals surface area contributed by atoms with Crippen LogP contribution in [0.4, 0.5) is 18.9 Å². The van der Waals surface area contributed by atoms with Gasteiger partial charge in [0.2, 0.25) is 0 Å². The van der Waals surface area contributed by atoms with Crippen molar-refractivity contribution >= 4 is 16.6 Å². The molecule has 0 aliphatic carbocycles. The number of fused-ring (bicyclic) bond motifs is 1. The van der Waals surface area contributed by atoms with Crippen molar-refractivity contribution in [2.45, 2.75) is 12.7 Å². The zero-order chi connectivity index (χ0) is 18.1. The maximum Gasteiger partial charge on any atom is 0.416 e. The average molecular weight is 359 g/mol. The molecule has 1 aromatic heterocycles. The van der Waals surface area contributed by atoms with Crippen molar-refractivity contribution in [2.75, 3.05) is 31.1 Å². The Hall–Kier alpha value is -2.47. The quantitative estimate of drug-likeness (QED) is 0.743. The van der Waals surface area contributed by atoms with Gasteiger partial charge in [-0.15, -0.1) is 0 Å². The van der Waals surface area contributed by atoms with E-state index in [-0.39, 0.29) is 0 Å². The highest BCUT2D eigenvalue weighted by molar-refractivity contribution is 5.82. The number of anilines is 1. The highest BCUT2D eigenvalue weighted by Gasteiger charge is 2.31. The molecule has 0 unspecified atom stereocenters. The molecule has 2 aromatic carbocycles. The molecule has 0 atom stereocenters. The predicted octanol–water partition coefficient (Wildman–Crippen LogP) is 4.51. The van der Waals surface area contributed by atoms with Gasteiger partial charge in [0.25, 0.3) is 0 Å². The fourth-order valence-corrected chi connectivity index (χ4v) is 3.55. The largest absolute Gasteiger partial charge is 0.416 e. The second-order valence-electron chi connectivity index (χ2n) is 6.67. The van der Waals surface area contributed by atoms with Gasteiger partial charge in [0, 0.05) is 55.5 Å². The van der Waals surface area contributed by atoms with Gasteiger partial charge < -0.3 is 9.88 Å². The monoisotopic (exact) mass is 359 g/mol. The Bertz CT molecular complexity index is 892. The normalized spacial score (nSPS) is 16.3. The summed E-state index contributed by atoms with van der Waals surface area (Å²) in [6.45, 7) is 3.96. The van der Waals surface area contributed by atoms with Crippen LogP contribution in [0.2, 0.25) is 0 Å². The molecule has 3 nitrogen and oxygen atoms in total. The fourth-order valence-electron chi connectivity index (χ4n) is 3.55. The van der Waals surface area contributed by atoms with Gasteiger partial charge in [-0.2, -0.15) is 13.2 Å². The third-order valence-electron chi connectivity index (χ3n) is 4.98. The molecule has 3 aromatic rings. The number of hydrogen-bond donors (Lipinski definition) is 1. The SMILES string of the molecule is FC(F)(F)c1cccc(N2CCN(Cc3c[nH]c4ccccc34)CC2)c1. The molecule has 1 fully saturated rings. The molecule has 4 rings (SSSR count). The third kappa shape index (κ3) is 3.42. The molecule has 1 N–H and O–H groups in total. The van der Waals surface area contributed by atoms with Gasteiger partial charge in [-0.1, -0.05) is 24.3 Å². The van der Waals surface area contributed by atoms with Gasteiger partial charge in [-0.05, 0) is 29.8 Å². The Labute approximate surface area is 150 Å². The standard InChI is InChI=1S/C20H20F3N3/c21-20(22,23)16-4-3-5-17(12-16)26-10-8-25(9-11-26)14-15-13-24-19-7-2-1-6-18(15)19/h1-7,12-13,24H,8-11,14H2. The Morgan fingerprint density at radius 1 is 0.923 bits per heavy atom. The number of nitrogens with zero attached hydrogens (tertiary/aromatic N) is 2. The van der Waals surface area contributed by atoms with E-state index < -0.39 is 11.7 Å². The van der Waals surface area contributed by atoms with Crippen LogP contribution in [0.15, 0.2) is 54.7 Å². The van der Waals surface area contributed by atoms with Crippen LogP contribution in [-0.4, -0.2) is 36.1 Å². The minimum Gasteiger partial charge on any atom is -0.369 e. The first kappa shape index (κ1) is 17.0. The summed E-state index contributed by atoms with van der Waals surface area (Å²) >= 11 is 0. The van der Waals surface area contributed by atoms with E-state index >= 15 is 0 Å². The van der Waals surface area contributed by atoms with Crippen molar-refractivity contribution in [3.8, 4) is 0 Å². The molecule has 0 spiro atoms. The first-order valence-electron chi connectivity index (χ1n) is 8.70. The van der Waals surface area contributed by atoms with E-state index in [0.29, 0.717) is 5.69 Å². The lowest BCUT2D eigenvalue weighted by atomic mass is 10.1. The van der Waals surface area contributed by atoms with Gasteiger partial charge in [-0.3, -0.25) is 4.90 Å². The Kier molecular flexibility index (Phi) is 4.36. The summed E-state index contributed by atoms with van der Waals surface area (Å²) in [5.74, 6) is 0. The van der Waals surface area contributed by atoms with Crippen LogP contribution < -0.4 is 4.90 Å². The number of halogens is 3. The smallest absolute Gasteiger partial charge is 0.369 e. The molecule has 1 aliphatic heterocycles. The number of rotatable bonds is 3. The van der Waals surface area contributed by atoms with Crippen LogP contribution in [0.1, 0.15) is 11.1 Å². The molecule has 0 saturated carbocycles. The topological polar surface area (TPSA) is 22.3 Å². The summed E-state index contributed by atoms with van der Waals surface area (Å²) in [7, 11) is 0. The van der Waals surface area contributed by atoms with Gasteiger partial charge in [0.15, 0.2) is 0 Å². The number of benzene rings is 2. The molecule has 0 radical (unpaired) electrons. The summed E-state index contributed by atoms with van der Waals surface area (Å²) in [5, 5.41) is 1.23. The minimum atomic E-state index is -4.30. The van der Waals surface area contributed by atoms with Crippen LogP contribution in [-0.2, 0) is 12.7 Å². The van der Waals surface area contributed by atoms with Crippen molar-refractivity contribution in [1.29, 1.82) is 0 Å². The van der Waals surface area contributed by atoms with Crippen LogP contribution >= 0.6 is 0 Å². The number of H-pyrrole nitrogens is 1. The number of nitrogens with one attached hydrogen (secondary N) is 1. The van der Waals surface area contributed by atoms with E-state index in [2.05, 4.69) is 22.0 Å². The number of aromatic amines is 1. The van der Waals surface area contributed by atoms with Gasteiger partial charge in [0.1, 0.15) is 0 Å². The zero-order valence-corrected chi connectivity index (χ0v) is 14.3. The van der Waals surface area contributed by atoms with Gasteiger partial charge in [-0.25, -0.2) is 0 Å². The number of alkyl halides is 3. The molecule has 6 heteroatoms. The molecule has 26 heavy (non-hydrogen) atoms. The maximum atomic E-state index is 12.9. The van der Waals surface area contributed by atoms with E-state index in [1.807, 2.05) is 23.2 Å². The highest BCUT2D eigenvalue weighted by Crippen LogP contribution is 2.32. The van der Waals surface area contributed by atoms with Crippen molar-refractivity contribution in [3.63, 3.8) is 0 Å². The van der Waals surface area contributed by atoms with Crippen molar-refractivity contribution in [2.24, 2.45) is 0 Å². The molecular formula is C20H20F3N3. The number of para-hydroxylation sites is 1. The zero-order valence-electron chi connectivity index (χ0n) is 14.3. The molecule has 2 heterocycles. The molecule has 136 valence electrons. The summed E-state index contributed by atoms with van der Waals surface area (Å²) < 4.78 is 38.7. The third-order valence-corrected chi connectivity index (χ3v) is 4.98. The summed E-state index contributed by atoms with van der Waals surface area (Å²) in [5.41, 5.74) is 2.45. The lowest BCUT2D eigenvalue weighted by Crippen LogP contribution is -2.46. The van der Waals surface area contributed by atoms with Gasteiger partial charge in [0.05, 0.1) is 5.56 Å². The highest BCUT2D eigenvalue weighted by atomic mass is 19.4. The van der Waals surface area contributed by atoms with E-state index in [1.54, 1.807) is 6.07 Å². The maximum absolute atomic E-state index is 12.9. The first-order valence-corrected chi connectivity index (χ1v) is 8.70. The molecular weight excluding hydrogens is 339 g/mol. The Balaban J connectivity index is 1.41. The van der Waals surface area contributed by atoms with E-state index in [4.69, 9.17) is 0 Å². The van der Waals surface area contributed by atoms with E-state index in [1.165, 1.54) is 23.1 Å². The fraction of sp³-hybridized carbons (Fsp3) is 0.300. The van der Waals surface area contributed by atoms with Crippen molar-refractivity contribution < 1.29 is 13.2 Å². The van der Waals surface area contributed by atoms with Crippen LogP contribution in [0.25, 0.3) is 10.9 Å². The number of aromatic nitrogens is 1. The average Bonchev–Trinajstić information content (AvgIpc) is 3.05. The summed E-state index contributed by atoms with van der Waals surface area (Å²) in [6, 6.07) is 13.8. The molecule has 1 aliphatic rings. The summed E-state index contributed by atoms with van der Waals surface area (Å²) in [4.78, 5) is 7.66. The Morgan fingerprint density at radius 3 is 2.46 bits per heavy atom. The number of hydrogen-bond acceptors (Lipinski definition) is 2. The Morgan fingerprint density at radius 2 is 1.69 bits per heavy atom. The second-order valence-corrected chi connectivity index (χ2v) is 6.67. The van der Waals surface area contributed by atoms with E-state index in [0.717, 1.165) is 44.3 Å². The first-order chi connectivity index (χ1) is 12.5. The predicted molar refractivity (Wildman–Crippen MR) is 97.2 cm³/mol. The second kappa shape index (κ2) is 6.68. The lowest BCUT2D eigenvalue weighted by Gasteiger charge is -2.36. The lowest BCUT2D eigenvalue weighted by molar-refractivity contribution is -0.137. The molecule has 0 amide bonds. The summed E-state index contributed by atoms with van der Waals surface area (Å²) in [6.07, 6.45) is -2.25. The molecule has 0 bridgehead atoms. The van der Waals surface area contributed by atoms with Crippen molar-refractivity contribution in [1.82, 2.24) is 9.88 Å². The van der Waals surface area contributed by atoms with E-state index in [9.17, 15) is 13.2 Å².